The molecule has 0 spiro atoms. The summed E-state index contributed by atoms with van der Waals surface area (Å²) in [5.41, 5.74) is -2.01. The fourth-order valence-corrected chi connectivity index (χ4v) is 6.26. The Hall–Kier alpha value is -2.66. The fraction of sp³-hybridized carbons (Fsp3) is 0.417. The molecule has 186 valence electrons. The molecule has 0 aliphatic carbocycles. The largest absolute Gasteiger partial charge is 0.417 e. The third-order valence-corrected chi connectivity index (χ3v) is 7.51. The van der Waals surface area contributed by atoms with Gasteiger partial charge in [0.25, 0.3) is 0 Å². The quantitative estimate of drug-likeness (QED) is 0.490. The number of benzene rings is 2. The topological polar surface area (TPSA) is 50.2 Å². The van der Waals surface area contributed by atoms with Crippen molar-refractivity contribution in [2.75, 3.05) is 23.7 Å². The van der Waals surface area contributed by atoms with Gasteiger partial charge in [0, 0.05) is 59.2 Å². The van der Waals surface area contributed by atoms with Crippen LogP contribution in [0.4, 0.5) is 27.8 Å². The van der Waals surface area contributed by atoms with Crippen molar-refractivity contribution < 1.29 is 22.0 Å². The number of thioether (sulfide) groups is 1. The van der Waals surface area contributed by atoms with E-state index < -0.39 is 29.1 Å². The van der Waals surface area contributed by atoms with E-state index in [2.05, 4.69) is 10.3 Å². The molecule has 3 aromatic rings. The second-order valence-corrected chi connectivity index (χ2v) is 10.2. The molecule has 3 heterocycles. The minimum absolute atomic E-state index is 0.0391. The number of nitrogens with one attached hydrogen (secondary N) is 1. The van der Waals surface area contributed by atoms with Gasteiger partial charge in [-0.2, -0.15) is 18.2 Å². The number of hydrogen-bond donors (Lipinski definition) is 1. The predicted octanol–water partition coefficient (Wildman–Crippen LogP) is 5.04. The van der Waals surface area contributed by atoms with Gasteiger partial charge in [0.15, 0.2) is 0 Å². The van der Waals surface area contributed by atoms with Crippen molar-refractivity contribution in [3.8, 4) is 11.1 Å². The van der Waals surface area contributed by atoms with Gasteiger partial charge in [-0.3, -0.25) is 4.57 Å². The Labute approximate surface area is 202 Å². The smallest absolute Gasteiger partial charge is 0.353 e. The zero-order chi connectivity index (χ0) is 25.1. The summed E-state index contributed by atoms with van der Waals surface area (Å²) in [6.45, 7) is 5.13. The van der Waals surface area contributed by atoms with Gasteiger partial charge >= 0.3 is 11.9 Å². The van der Waals surface area contributed by atoms with Gasteiger partial charge in [-0.25, -0.2) is 13.6 Å². The third kappa shape index (κ3) is 4.29. The summed E-state index contributed by atoms with van der Waals surface area (Å²) < 4.78 is 73.3. The number of anilines is 1. The molecule has 2 aliphatic rings. The lowest BCUT2D eigenvalue weighted by molar-refractivity contribution is -0.137. The van der Waals surface area contributed by atoms with Gasteiger partial charge in [0.1, 0.15) is 17.5 Å². The first-order valence-electron chi connectivity index (χ1n) is 11.3. The summed E-state index contributed by atoms with van der Waals surface area (Å²) in [4.78, 5) is 19.4. The first kappa shape index (κ1) is 24.1. The van der Waals surface area contributed by atoms with Crippen LogP contribution in [0, 0.1) is 11.6 Å². The number of alkyl halides is 3. The van der Waals surface area contributed by atoms with Crippen molar-refractivity contribution in [1.82, 2.24) is 14.9 Å². The minimum Gasteiger partial charge on any atom is -0.353 e. The highest BCUT2D eigenvalue weighted by molar-refractivity contribution is 7.99. The van der Waals surface area contributed by atoms with E-state index in [9.17, 15) is 26.7 Å². The molecule has 0 unspecified atom stereocenters. The lowest BCUT2D eigenvalue weighted by atomic mass is 9.95. The van der Waals surface area contributed by atoms with Crippen LogP contribution in [0.5, 0.6) is 0 Å². The first-order chi connectivity index (χ1) is 16.5. The highest BCUT2D eigenvalue weighted by Crippen LogP contribution is 2.48. The number of halogens is 5. The van der Waals surface area contributed by atoms with Crippen molar-refractivity contribution in [2.24, 2.45) is 0 Å². The molecular formula is C24H23F5N4OS. The average molecular weight is 511 g/mol. The summed E-state index contributed by atoms with van der Waals surface area (Å²) in [5.74, 6) is -1.35. The van der Waals surface area contributed by atoms with Crippen LogP contribution in [0.2, 0.25) is 0 Å². The Balaban J connectivity index is 1.90. The van der Waals surface area contributed by atoms with Crippen LogP contribution in [0.25, 0.3) is 22.0 Å². The van der Waals surface area contributed by atoms with Gasteiger partial charge in [-0.1, -0.05) is 0 Å². The lowest BCUT2D eigenvalue weighted by Crippen LogP contribution is -2.55. The maximum absolute atomic E-state index is 14.9. The molecule has 35 heavy (non-hydrogen) atoms. The van der Waals surface area contributed by atoms with E-state index in [0.717, 1.165) is 30.0 Å². The van der Waals surface area contributed by atoms with Crippen LogP contribution < -0.4 is 15.9 Å². The van der Waals surface area contributed by atoms with E-state index in [-0.39, 0.29) is 45.9 Å². The second kappa shape index (κ2) is 8.77. The summed E-state index contributed by atoms with van der Waals surface area (Å²) in [5, 5.41) is 3.57. The van der Waals surface area contributed by atoms with E-state index in [0.29, 0.717) is 36.8 Å². The van der Waals surface area contributed by atoms with Gasteiger partial charge in [0.05, 0.1) is 11.1 Å². The molecule has 5 rings (SSSR count). The molecule has 0 amide bonds. The lowest BCUT2D eigenvalue weighted by Gasteiger charge is -2.37. The van der Waals surface area contributed by atoms with Crippen molar-refractivity contribution >= 4 is 28.5 Å². The molecule has 0 bridgehead atoms. The normalized spacial score (nSPS) is 20.8. The Morgan fingerprint density at radius 3 is 2.49 bits per heavy atom. The summed E-state index contributed by atoms with van der Waals surface area (Å²) >= 11 is 1.15. The summed E-state index contributed by atoms with van der Waals surface area (Å²) in [7, 11) is 0. The van der Waals surface area contributed by atoms with E-state index in [1.54, 1.807) is 0 Å². The van der Waals surface area contributed by atoms with Crippen molar-refractivity contribution in [3.05, 3.63) is 51.9 Å². The van der Waals surface area contributed by atoms with Crippen LogP contribution in [0.15, 0.2) is 34.0 Å². The Bertz CT molecular complexity index is 1360. The number of aryl methyl sites for hydroxylation is 1. The van der Waals surface area contributed by atoms with Crippen LogP contribution in [-0.2, 0) is 12.7 Å². The fourth-order valence-electron chi connectivity index (χ4n) is 5.06. The molecule has 2 aromatic carbocycles. The monoisotopic (exact) mass is 510 g/mol. The molecule has 1 fully saturated rings. The predicted molar refractivity (Wildman–Crippen MR) is 126 cm³/mol. The molecule has 1 N–H and O–H groups in total. The zero-order valence-corrected chi connectivity index (χ0v) is 19.9. The molecule has 5 nitrogen and oxygen atoms in total. The van der Waals surface area contributed by atoms with Gasteiger partial charge < -0.3 is 10.2 Å². The molecule has 2 aliphatic heterocycles. The molecule has 2 atom stereocenters. The number of aromatic nitrogens is 2. The van der Waals surface area contributed by atoms with Gasteiger partial charge in [-0.05, 0) is 44.2 Å². The zero-order valence-electron chi connectivity index (χ0n) is 19.0. The van der Waals surface area contributed by atoms with Crippen molar-refractivity contribution in [3.63, 3.8) is 0 Å². The molecular weight excluding hydrogens is 487 g/mol. The number of hydrogen-bond acceptors (Lipinski definition) is 5. The van der Waals surface area contributed by atoms with E-state index >= 15 is 0 Å². The second-order valence-electron chi connectivity index (χ2n) is 9.09. The molecule has 0 radical (unpaired) electrons. The van der Waals surface area contributed by atoms with E-state index in [4.69, 9.17) is 0 Å². The third-order valence-electron chi connectivity index (χ3n) is 6.33. The molecule has 1 aromatic heterocycles. The standard InChI is InChI=1S/C24H23F5N4OS/c1-12-10-32(11-13(2)30-12)22-16-9-17(24(27,28)29)19(15-5-4-14(25)8-18(15)26)21-20(16)33(23(34)31-22)6-3-7-35-21/h4-5,8-9,12-13,30H,3,6-7,10-11H2,1-2H3/t12-,13+. The van der Waals surface area contributed by atoms with E-state index in [1.807, 2.05) is 18.7 Å². The molecule has 1 saturated heterocycles. The number of nitrogens with zero attached hydrogens (tertiary/aromatic N) is 3. The number of piperazine rings is 1. The summed E-state index contributed by atoms with van der Waals surface area (Å²) in [6.07, 6.45) is -4.29. The van der Waals surface area contributed by atoms with E-state index in [1.165, 1.54) is 4.57 Å². The summed E-state index contributed by atoms with van der Waals surface area (Å²) in [6, 6.07) is 3.58. The SMILES string of the molecule is C[C@@H]1CN(c2nc(=O)n3c4c(c(-c5ccc(F)cc5F)c(C(F)(F)F)cc24)SCCC3)C[C@H](C)N1. The van der Waals surface area contributed by atoms with Crippen molar-refractivity contribution in [2.45, 2.75) is 50.0 Å². The van der Waals surface area contributed by atoms with Crippen LogP contribution in [0.1, 0.15) is 25.8 Å². The average Bonchev–Trinajstić information content (AvgIpc) is 2.99. The van der Waals surface area contributed by atoms with Crippen LogP contribution in [-0.4, -0.2) is 40.5 Å². The number of rotatable bonds is 2. The Morgan fingerprint density at radius 1 is 1.11 bits per heavy atom. The first-order valence-corrected chi connectivity index (χ1v) is 12.3. The minimum atomic E-state index is -4.82. The van der Waals surface area contributed by atoms with Crippen LogP contribution >= 0.6 is 11.8 Å². The van der Waals surface area contributed by atoms with Gasteiger partial charge in [-0.15, -0.1) is 11.8 Å². The van der Waals surface area contributed by atoms with Crippen molar-refractivity contribution in [1.29, 1.82) is 0 Å². The van der Waals surface area contributed by atoms with Crippen LogP contribution in [0.3, 0.4) is 0 Å². The Kier molecular flexibility index (Phi) is 6.03. The molecule has 11 heteroatoms. The maximum Gasteiger partial charge on any atom is 0.417 e. The molecule has 0 saturated carbocycles. The van der Waals surface area contributed by atoms with Gasteiger partial charge in [0.2, 0.25) is 0 Å². The highest BCUT2D eigenvalue weighted by Gasteiger charge is 2.38. The maximum atomic E-state index is 14.9. The highest BCUT2D eigenvalue weighted by atomic mass is 32.2. The Morgan fingerprint density at radius 2 is 1.83 bits per heavy atom.